The zero-order valence-corrected chi connectivity index (χ0v) is 9.99. The molecule has 2 nitrogen and oxygen atoms in total. The van der Waals surface area contributed by atoms with E-state index in [-0.39, 0.29) is 5.91 Å². The Morgan fingerprint density at radius 2 is 1.94 bits per heavy atom. The van der Waals surface area contributed by atoms with Crippen LogP contribution in [0.5, 0.6) is 0 Å². The van der Waals surface area contributed by atoms with Crippen molar-refractivity contribution in [2.75, 3.05) is 5.32 Å². The monoisotopic (exact) mass is 265 g/mol. The van der Waals surface area contributed by atoms with Gasteiger partial charge in [-0.15, -0.1) is 11.6 Å². The van der Waals surface area contributed by atoms with E-state index in [1.807, 2.05) is 0 Å². The highest BCUT2D eigenvalue weighted by atomic mass is 35.5. The Hall–Kier alpha value is -0.810. The number of halogens is 3. The summed E-state index contributed by atoms with van der Waals surface area (Å²) < 4.78 is 24.0. The van der Waals surface area contributed by atoms with E-state index in [9.17, 15) is 13.6 Å². The number of hydrogen-bond donors (Lipinski definition) is 1. The number of carbonyl (C=O) groups is 1. The molecular weight excluding hydrogens is 256 g/mol. The summed E-state index contributed by atoms with van der Waals surface area (Å²) in [6.45, 7) is 1.55. The standard InChI is InChI=1S/C10H10ClF2NOS/c1-6(11)9(15)14-7-2-4-8(5-3-7)16-10(12)13/h2-6,10H,1H3,(H,14,15)/t6-/m1/s1. The Morgan fingerprint density at radius 3 is 2.38 bits per heavy atom. The topological polar surface area (TPSA) is 29.1 Å². The average molecular weight is 266 g/mol. The van der Waals surface area contributed by atoms with Crippen molar-refractivity contribution in [1.29, 1.82) is 0 Å². The van der Waals surface area contributed by atoms with E-state index >= 15 is 0 Å². The molecular formula is C10H10ClF2NOS. The quantitative estimate of drug-likeness (QED) is 0.666. The van der Waals surface area contributed by atoms with E-state index in [1.54, 1.807) is 19.1 Å². The first-order chi connectivity index (χ1) is 7.49. The highest BCUT2D eigenvalue weighted by Crippen LogP contribution is 2.26. The van der Waals surface area contributed by atoms with Crippen LogP contribution < -0.4 is 5.32 Å². The zero-order chi connectivity index (χ0) is 12.1. The second kappa shape index (κ2) is 6.06. The molecule has 0 unspecified atom stereocenters. The molecule has 0 saturated carbocycles. The van der Waals surface area contributed by atoms with Gasteiger partial charge in [0.2, 0.25) is 5.91 Å². The van der Waals surface area contributed by atoms with Crippen LogP contribution in [0, 0.1) is 0 Å². The highest BCUT2D eigenvalue weighted by molar-refractivity contribution is 7.99. The van der Waals surface area contributed by atoms with Gasteiger partial charge in [0.25, 0.3) is 5.76 Å². The summed E-state index contributed by atoms with van der Waals surface area (Å²) in [7, 11) is 0. The molecule has 1 N–H and O–H groups in total. The summed E-state index contributed by atoms with van der Waals surface area (Å²) in [6.07, 6.45) is 0. The zero-order valence-electron chi connectivity index (χ0n) is 8.41. The van der Waals surface area contributed by atoms with Crippen molar-refractivity contribution in [3.8, 4) is 0 Å². The number of alkyl halides is 3. The predicted molar refractivity (Wildman–Crippen MR) is 62.2 cm³/mol. The lowest BCUT2D eigenvalue weighted by Gasteiger charge is -2.07. The van der Waals surface area contributed by atoms with Gasteiger partial charge < -0.3 is 5.32 Å². The van der Waals surface area contributed by atoms with Gasteiger partial charge in [-0.25, -0.2) is 0 Å². The van der Waals surface area contributed by atoms with Crippen LogP contribution in [0.3, 0.4) is 0 Å². The predicted octanol–water partition coefficient (Wildman–Crippen LogP) is 3.57. The van der Waals surface area contributed by atoms with Crippen LogP contribution in [0.25, 0.3) is 0 Å². The number of benzene rings is 1. The Labute approximate surface area is 101 Å². The molecule has 0 spiro atoms. The summed E-state index contributed by atoms with van der Waals surface area (Å²) in [5.74, 6) is -2.76. The number of carbonyl (C=O) groups excluding carboxylic acids is 1. The van der Waals surface area contributed by atoms with Gasteiger partial charge in [-0.05, 0) is 31.2 Å². The van der Waals surface area contributed by atoms with Crippen LogP contribution in [0.15, 0.2) is 29.2 Å². The van der Waals surface area contributed by atoms with Crippen LogP contribution in [0.4, 0.5) is 14.5 Å². The van der Waals surface area contributed by atoms with Crippen LogP contribution in [-0.2, 0) is 4.79 Å². The third-order valence-electron chi connectivity index (χ3n) is 1.71. The van der Waals surface area contributed by atoms with Crippen molar-refractivity contribution >= 4 is 35.0 Å². The van der Waals surface area contributed by atoms with Gasteiger partial charge in [0, 0.05) is 10.6 Å². The molecule has 16 heavy (non-hydrogen) atoms. The Bertz CT molecular complexity index is 356. The number of nitrogens with one attached hydrogen (secondary N) is 1. The molecule has 0 radical (unpaired) electrons. The van der Waals surface area contributed by atoms with Gasteiger partial charge in [-0.1, -0.05) is 11.8 Å². The van der Waals surface area contributed by atoms with E-state index in [1.165, 1.54) is 12.1 Å². The van der Waals surface area contributed by atoms with Gasteiger partial charge in [-0.3, -0.25) is 4.79 Å². The molecule has 1 atom stereocenters. The van der Waals surface area contributed by atoms with Crippen molar-refractivity contribution in [2.45, 2.75) is 23.0 Å². The first-order valence-electron chi connectivity index (χ1n) is 4.49. The fraction of sp³-hybridized carbons (Fsp3) is 0.300. The molecule has 0 saturated heterocycles. The summed E-state index contributed by atoms with van der Waals surface area (Å²) in [4.78, 5) is 11.7. The largest absolute Gasteiger partial charge is 0.325 e. The molecule has 0 heterocycles. The number of amides is 1. The van der Waals surface area contributed by atoms with Crippen LogP contribution in [0.1, 0.15) is 6.92 Å². The van der Waals surface area contributed by atoms with E-state index in [0.29, 0.717) is 22.3 Å². The molecule has 88 valence electrons. The third-order valence-corrected chi connectivity index (χ3v) is 2.63. The Balaban J connectivity index is 2.61. The number of rotatable bonds is 4. The van der Waals surface area contributed by atoms with Crippen LogP contribution in [-0.4, -0.2) is 17.0 Å². The van der Waals surface area contributed by atoms with Crippen molar-refractivity contribution in [3.05, 3.63) is 24.3 Å². The molecule has 1 aromatic rings. The van der Waals surface area contributed by atoms with E-state index in [0.717, 1.165) is 0 Å². The molecule has 0 aliphatic heterocycles. The van der Waals surface area contributed by atoms with Gasteiger partial charge in [0.1, 0.15) is 5.38 Å². The number of anilines is 1. The van der Waals surface area contributed by atoms with E-state index in [2.05, 4.69) is 5.32 Å². The van der Waals surface area contributed by atoms with Crippen LogP contribution in [0.2, 0.25) is 0 Å². The maximum absolute atomic E-state index is 12.0. The lowest BCUT2D eigenvalue weighted by atomic mass is 10.3. The second-order valence-electron chi connectivity index (χ2n) is 3.01. The van der Waals surface area contributed by atoms with Crippen molar-refractivity contribution in [1.82, 2.24) is 0 Å². The molecule has 1 aromatic carbocycles. The molecule has 0 bridgehead atoms. The first kappa shape index (κ1) is 13.3. The smallest absolute Gasteiger partial charge is 0.288 e. The number of hydrogen-bond acceptors (Lipinski definition) is 2. The fourth-order valence-electron chi connectivity index (χ4n) is 0.961. The normalized spacial score (nSPS) is 12.6. The fourth-order valence-corrected chi connectivity index (χ4v) is 1.51. The van der Waals surface area contributed by atoms with Gasteiger partial charge in [0.15, 0.2) is 0 Å². The van der Waals surface area contributed by atoms with E-state index < -0.39 is 11.1 Å². The third kappa shape index (κ3) is 4.37. The molecule has 0 aromatic heterocycles. The Morgan fingerprint density at radius 1 is 1.38 bits per heavy atom. The highest BCUT2D eigenvalue weighted by Gasteiger charge is 2.09. The summed E-state index contributed by atoms with van der Waals surface area (Å²) in [5.41, 5.74) is 0.538. The summed E-state index contributed by atoms with van der Waals surface area (Å²) in [6, 6.07) is 6.15. The Kier molecular flexibility index (Phi) is 5.02. The lowest BCUT2D eigenvalue weighted by Crippen LogP contribution is -2.20. The molecule has 0 fully saturated rings. The van der Waals surface area contributed by atoms with Gasteiger partial charge >= 0.3 is 0 Å². The van der Waals surface area contributed by atoms with Crippen molar-refractivity contribution < 1.29 is 13.6 Å². The molecule has 1 rings (SSSR count). The van der Waals surface area contributed by atoms with E-state index in [4.69, 9.17) is 11.6 Å². The average Bonchev–Trinajstić information content (AvgIpc) is 2.20. The van der Waals surface area contributed by atoms with Gasteiger partial charge in [0.05, 0.1) is 0 Å². The first-order valence-corrected chi connectivity index (χ1v) is 5.80. The molecule has 6 heteroatoms. The molecule has 0 aliphatic rings. The summed E-state index contributed by atoms with van der Waals surface area (Å²) in [5, 5.41) is 1.92. The SMILES string of the molecule is C[C@@H](Cl)C(=O)Nc1ccc(SC(F)F)cc1. The minimum atomic E-state index is -2.44. The maximum atomic E-state index is 12.0. The van der Waals surface area contributed by atoms with Crippen molar-refractivity contribution in [3.63, 3.8) is 0 Å². The van der Waals surface area contributed by atoms with Crippen molar-refractivity contribution in [2.24, 2.45) is 0 Å². The maximum Gasteiger partial charge on any atom is 0.288 e. The number of thioether (sulfide) groups is 1. The summed E-state index contributed by atoms with van der Waals surface area (Å²) >= 11 is 6.02. The minimum Gasteiger partial charge on any atom is -0.325 e. The minimum absolute atomic E-state index is 0.323. The molecule has 1 amide bonds. The lowest BCUT2D eigenvalue weighted by molar-refractivity contribution is -0.115. The van der Waals surface area contributed by atoms with Gasteiger partial charge in [-0.2, -0.15) is 8.78 Å². The molecule has 0 aliphatic carbocycles. The van der Waals surface area contributed by atoms with Crippen LogP contribution >= 0.6 is 23.4 Å². The second-order valence-corrected chi connectivity index (χ2v) is 4.73.